The van der Waals surface area contributed by atoms with Gasteiger partial charge in [0.15, 0.2) is 5.84 Å². The Morgan fingerprint density at radius 2 is 1.74 bits per heavy atom. The number of hydrazone groups is 1. The van der Waals surface area contributed by atoms with E-state index in [0.29, 0.717) is 37.7 Å². The van der Waals surface area contributed by atoms with Crippen molar-refractivity contribution in [3.63, 3.8) is 0 Å². The number of aryl methyl sites for hydroxylation is 1. The van der Waals surface area contributed by atoms with Gasteiger partial charge in [-0.3, -0.25) is 5.01 Å². The zero-order valence-electron chi connectivity index (χ0n) is 20.6. The van der Waals surface area contributed by atoms with Crippen LogP contribution in [0.2, 0.25) is 0 Å². The van der Waals surface area contributed by atoms with E-state index < -0.39 is 15.6 Å². The van der Waals surface area contributed by atoms with E-state index in [1.807, 2.05) is 32.7 Å². The lowest BCUT2D eigenvalue weighted by molar-refractivity contribution is 0.0284. The normalized spacial score (nSPS) is 21.2. The summed E-state index contributed by atoms with van der Waals surface area (Å²) in [7, 11) is -3.85. The van der Waals surface area contributed by atoms with Gasteiger partial charge in [0.05, 0.1) is 10.5 Å². The molecular formula is C24H34N6O4S. The van der Waals surface area contributed by atoms with Gasteiger partial charge < -0.3 is 21.1 Å². The number of carbonyl (C=O) groups is 1. The lowest BCUT2D eigenvalue weighted by atomic mass is 9.89. The minimum atomic E-state index is -3.85. The van der Waals surface area contributed by atoms with E-state index in [-0.39, 0.29) is 28.6 Å². The average Bonchev–Trinajstić information content (AvgIpc) is 3.36. The monoisotopic (exact) mass is 502 g/mol. The van der Waals surface area contributed by atoms with Crippen molar-refractivity contribution in [3.05, 3.63) is 47.7 Å². The number of amidine groups is 1. The number of aromatic nitrogens is 1. The Morgan fingerprint density at radius 1 is 1.09 bits per heavy atom. The first-order valence-electron chi connectivity index (χ1n) is 11.7. The Hall–Kier alpha value is -3.21. The number of ether oxygens (including phenoxy) is 1. The molecule has 0 radical (unpaired) electrons. The molecule has 2 atom stereocenters. The third kappa shape index (κ3) is 5.24. The summed E-state index contributed by atoms with van der Waals surface area (Å²) in [5.74, 6) is 0.817. The first kappa shape index (κ1) is 24.9. The summed E-state index contributed by atoms with van der Waals surface area (Å²) in [4.78, 5) is 14.4. The minimum absolute atomic E-state index is 0.0127. The van der Waals surface area contributed by atoms with E-state index in [2.05, 4.69) is 5.10 Å². The highest BCUT2D eigenvalue weighted by atomic mass is 32.2. The molecule has 2 unspecified atom stereocenters. The molecule has 35 heavy (non-hydrogen) atoms. The molecule has 4 rings (SSSR count). The number of nitrogen functional groups attached to an aromatic ring is 1. The fourth-order valence-corrected chi connectivity index (χ4v) is 5.88. The van der Waals surface area contributed by atoms with E-state index in [4.69, 9.17) is 16.2 Å². The van der Waals surface area contributed by atoms with Gasteiger partial charge in [0.25, 0.3) is 10.0 Å². The van der Waals surface area contributed by atoms with Crippen LogP contribution in [0.4, 0.5) is 10.6 Å². The van der Waals surface area contributed by atoms with Gasteiger partial charge in [-0.1, -0.05) is 17.7 Å². The van der Waals surface area contributed by atoms with Gasteiger partial charge in [-0.2, -0.15) is 5.10 Å². The predicted octanol–water partition coefficient (Wildman–Crippen LogP) is 2.42. The Bertz CT molecular complexity index is 1230. The summed E-state index contributed by atoms with van der Waals surface area (Å²) >= 11 is 0. The second-order valence-electron chi connectivity index (χ2n) is 10.3. The second-order valence-corrected chi connectivity index (χ2v) is 12.1. The van der Waals surface area contributed by atoms with E-state index in [1.165, 1.54) is 6.20 Å². The highest BCUT2D eigenvalue weighted by Gasteiger charge is 2.40. The number of rotatable bonds is 4. The molecule has 4 N–H and O–H groups in total. The van der Waals surface area contributed by atoms with E-state index in [1.54, 1.807) is 35.2 Å². The molecule has 1 aromatic heterocycles. The zero-order valence-corrected chi connectivity index (χ0v) is 21.5. The first-order valence-corrected chi connectivity index (χ1v) is 13.2. The molecule has 1 aromatic carbocycles. The van der Waals surface area contributed by atoms with Crippen LogP contribution >= 0.6 is 0 Å². The molecular weight excluding hydrogens is 468 g/mol. The minimum Gasteiger partial charge on any atom is -0.444 e. The van der Waals surface area contributed by atoms with Crippen LogP contribution in [0, 0.1) is 18.8 Å². The Balaban J connectivity index is 1.46. The van der Waals surface area contributed by atoms with Crippen molar-refractivity contribution in [3.8, 4) is 0 Å². The lowest BCUT2D eigenvalue weighted by Gasteiger charge is -2.32. The molecule has 190 valence electrons. The molecule has 2 aromatic rings. The zero-order chi connectivity index (χ0) is 25.5. The van der Waals surface area contributed by atoms with E-state index >= 15 is 0 Å². The number of likely N-dealkylation sites (tertiary alicyclic amines) is 1. The van der Waals surface area contributed by atoms with Gasteiger partial charge in [0.1, 0.15) is 11.4 Å². The molecule has 2 aliphatic rings. The SMILES string of the molecule is Cc1ccc(S(=O)(=O)n2ccc(C(N)=NN3CCC4CN(C(=O)OC(C)(C)C)CC4C3)c2N)cc1. The second kappa shape index (κ2) is 9.10. The Kier molecular flexibility index (Phi) is 6.48. The van der Waals surface area contributed by atoms with Crippen LogP contribution in [0.15, 0.2) is 46.5 Å². The van der Waals surface area contributed by atoms with Crippen LogP contribution < -0.4 is 11.5 Å². The van der Waals surface area contributed by atoms with Crippen molar-refractivity contribution in [2.24, 2.45) is 22.7 Å². The number of nitrogens with zero attached hydrogens (tertiary/aromatic N) is 4. The van der Waals surface area contributed by atoms with Crippen molar-refractivity contribution in [1.82, 2.24) is 13.9 Å². The molecule has 0 saturated carbocycles. The topological polar surface area (TPSA) is 136 Å². The number of piperidine rings is 1. The van der Waals surface area contributed by atoms with Crippen molar-refractivity contribution in [1.29, 1.82) is 0 Å². The summed E-state index contributed by atoms with van der Waals surface area (Å²) < 4.78 is 32.6. The molecule has 2 fully saturated rings. The predicted molar refractivity (Wildman–Crippen MR) is 134 cm³/mol. The molecule has 3 heterocycles. The molecule has 1 amide bonds. The average molecular weight is 503 g/mol. The molecule has 0 spiro atoms. The number of amides is 1. The lowest BCUT2D eigenvalue weighted by Crippen LogP contribution is -2.38. The van der Waals surface area contributed by atoms with Gasteiger partial charge in [0.2, 0.25) is 0 Å². The van der Waals surface area contributed by atoms with Crippen LogP contribution in [0.3, 0.4) is 0 Å². The van der Waals surface area contributed by atoms with Gasteiger partial charge in [0, 0.05) is 38.3 Å². The van der Waals surface area contributed by atoms with Crippen LogP contribution in [-0.2, 0) is 14.8 Å². The van der Waals surface area contributed by atoms with Crippen molar-refractivity contribution in [2.45, 2.75) is 44.6 Å². The molecule has 2 aliphatic heterocycles. The summed E-state index contributed by atoms with van der Waals surface area (Å²) in [6.07, 6.45) is 1.98. The highest BCUT2D eigenvalue weighted by Crippen LogP contribution is 2.32. The van der Waals surface area contributed by atoms with Crippen LogP contribution in [-0.4, -0.2) is 66.0 Å². The summed E-state index contributed by atoms with van der Waals surface area (Å²) in [6, 6.07) is 8.13. The summed E-state index contributed by atoms with van der Waals surface area (Å²) in [5.41, 5.74) is 13.3. The third-order valence-corrected chi connectivity index (χ3v) is 8.13. The number of carbonyl (C=O) groups excluding carboxylic acids is 1. The van der Waals surface area contributed by atoms with Gasteiger partial charge in [-0.15, -0.1) is 0 Å². The van der Waals surface area contributed by atoms with Crippen molar-refractivity contribution >= 4 is 27.8 Å². The smallest absolute Gasteiger partial charge is 0.410 e. The van der Waals surface area contributed by atoms with Gasteiger partial charge >= 0.3 is 6.09 Å². The van der Waals surface area contributed by atoms with Crippen LogP contribution in [0.5, 0.6) is 0 Å². The number of fused-ring (bicyclic) bond motifs is 1. The quantitative estimate of drug-likeness (QED) is 0.484. The Morgan fingerprint density at radius 3 is 2.40 bits per heavy atom. The van der Waals surface area contributed by atoms with Crippen LogP contribution in [0.25, 0.3) is 0 Å². The maximum absolute atomic E-state index is 13.0. The standard InChI is InChI=1S/C24H34N6O4S/c1-16-5-7-19(8-6-16)35(32,33)30-12-10-20(22(30)26)21(25)27-29-11-9-17-13-28(14-18(17)15-29)23(31)34-24(2,3)4/h5-8,10,12,17-18H,9,11,13-15,26H2,1-4H3,(H2,25,27). The first-order chi connectivity index (χ1) is 16.3. The number of anilines is 1. The fraction of sp³-hybridized carbons (Fsp3) is 0.500. The van der Waals surface area contributed by atoms with Crippen molar-refractivity contribution in [2.75, 3.05) is 31.9 Å². The van der Waals surface area contributed by atoms with Crippen LogP contribution in [0.1, 0.15) is 38.3 Å². The fourth-order valence-electron chi connectivity index (χ4n) is 4.60. The molecule has 0 aliphatic carbocycles. The summed E-state index contributed by atoms with van der Waals surface area (Å²) in [5, 5.41) is 6.42. The van der Waals surface area contributed by atoms with E-state index in [9.17, 15) is 13.2 Å². The Labute approximate surface area is 206 Å². The van der Waals surface area contributed by atoms with E-state index in [0.717, 1.165) is 16.0 Å². The van der Waals surface area contributed by atoms with Gasteiger partial charge in [-0.05, 0) is 58.2 Å². The van der Waals surface area contributed by atoms with Crippen molar-refractivity contribution < 1.29 is 17.9 Å². The maximum Gasteiger partial charge on any atom is 0.410 e. The van der Waals surface area contributed by atoms with Gasteiger partial charge in [-0.25, -0.2) is 17.2 Å². The number of hydrogen-bond acceptors (Lipinski definition) is 7. The highest BCUT2D eigenvalue weighted by molar-refractivity contribution is 7.90. The molecule has 0 bridgehead atoms. The number of hydrogen-bond donors (Lipinski definition) is 2. The number of nitrogens with two attached hydrogens (primary N) is 2. The molecule has 2 saturated heterocycles. The maximum atomic E-state index is 13.0. The largest absolute Gasteiger partial charge is 0.444 e. The third-order valence-electron chi connectivity index (χ3n) is 6.42. The molecule has 11 heteroatoms. The molecule has 10 nitrogen and oxygen atoms in total. The number of benzene rings is 1. The summed E-state index contributed by atoms with van der Waals surface area (Å²) in [6.45, 7) is 10.1.